The zero-order valence-electron chi connectivity index (χ0n) is 20.7. The number of carbonyl (C=O) groups excluding carboxylic acids is 1. The summed E-state index contributed by atoms with van der Waals surface area (Å²) in [5, 5.41) is 12.6. The molecule has 3 atom stereocenters. The van der Waals surface area contributed by atoms with Crippen molar-refractivity contribution >= 4 is 6.03 Å². The summed E-state index contributed by atoms with van der Waals surface area (Å²) in [5.41, 5.74) is 7.66. The minimum atomic E-state index is -0.159. The zero-order valence-corrected chi connectivity index (χ0v) is 20.7. The van der Waals surface area contributed by atoms with E-state index in [9.17, 15) is 10.1 Å². The van der Waals surface area contributed by atoms with Gasteiger partial charge in [0.2, 0.25) is 0 Å². The fraction of sp³-hybridized carbons (Fsp3) is 0.704. The molecule has 7 heteroatoms. The van der Waals surface area contributed by atoms with Crippen LogP contribution in [-0.2, 0) is 9.47 Å². The van der Waals surface area contributed by atoms with Gasteiger partial charge < -0.3 is 25.4 Å². The molecule has 1 aliphatic carbocycles. The van der Waals surface area contributed by atoms with Crippen molar-refractivity contribution in [3.63, 3.8) is 0 Å². The number of ether oxygens (including phenoxy) is 2. The van der Waals surface area contributed by atoms with Crippen molar-refractivity contribution in [1.29, 1.82) is 5.26 Å². The van der Waals surface area contributed by atoms with Crippen LogP contribution in [0.25, 0.3) is 0 Å². The quantitative estimate of drug-likeness (QED) is 0.468. The Morgan fingerprint density at radius 3 is 2.79 bits per heavy atom. The zero-order chi connectivity index (χ0) is 24.2. The summed E-state index contributed by atoms with van der Waals surface area (Å²) in [7, 11) is 1.69. The summed E-state index contributed by atoms with van der Waals surface area (Å²) in [6.07, 6.45) is 9.97. The lowest BCUT2D eigenvalue weighted by Gasteiger charge is -2.38. The van der Waals surface area contributed by atoms with Crippen LogP contribution < -0.4 is 11.1 Å². The van der Waals surface area contributed by atoms with E-state index in [1.807, 2.05) is 29.2 Å². The first-order valence-electron chi connectivity index (χ1n) is 13.0. The molecule has 2 fully saturated rings. The minimum Gasteiger partial charge on any atom is -0.385 e. The summed E-state index contributed by atoms with van der Waals surface area (Å²) in [6, 6.07) is 9.90. The lowest BCUT2D eigenvalue weighted by atomic mass is 9.85. The Morgan fingerprint density at radius 2 is 2.06 bits per heavy atom. The first-order chi connectivity index (χ1) is 16.6. The van der Waals surface area contributed by atoms with Crippen molar-refractivity contribution in [3.05, 3.63) is 35.4 Å². The maximum atomic E-state index is 13.2. The van der Waals surface area contributed by atoms with Gasteiger partial charge in [-0.3, -0.25) is 0 Å². The molecule has 34 heavy (non-hydrogen) atoms. The van der Waals surface area contributed by atoms with Crippen LogP contribution in [0.2, 0.25) is 0 Å². The molecule has 3 N–H and O–H groups in total. The Kier molecular flexibility index (Phi) is 11.1. The molecule has 2 amide bonds. The molecule has 0 bridgehead atoms. The van der Waals surface area contributed by atoms with Crippen LogP contribution in [0.3, 0.4) is 0 Å². The molecule has 1 aromatic rings. The van der Waals surface area contributed by atoms with E-state index in [1.165, 1.54) is 32.1 Å². The minimum absolute atomic E-state index is 0.0140. The van der Waals surface area contributed by atoms with E-state index >= 15 is 0 Å². The van der Waals surface area contributed by atoms with Gasteiger partial charge in [-0.15, -0.1) is 0 Å². The van der Waals surface area contributed by atoms with E-state index in [2.05, 4.69) is 11.4 Å². The second-order valence-electron chi connectivity index (χ2n) is 9.85. The molecule has 7 nitrogen and oxygen atoms in total. The van der Waals surface area contributed by atoms with Crippen LogP contribution in [0.5, 0.6) is 0 Å². The highest BCUT2D eigenvalue weighted by Gasteiger charge is 2.32. The maximum absolute atomic E-state index is 13.2. The molecule has 188 valence electrons. The average molecular weight is 471 g/mol. The molecule has 1 aromatic carbocycles. The molecular formula is C27H42N4O3. The van der Waals surface area contributed by atoms with Crippen molar-refractivity contribution in [3.8, 4) is 6.07 Å². The number of nitrogens with one attached hydrogen (secondary N) is 1. The van der Waals surface area contributed by atoms with E-state index in [-0.39, 0.29) is 24.1 Å². The number of piperidine rings is 1. The fourth-order valence-electron chi connectivity index (χ4n) is 5.45. The first-order valence-corrected chi connectivity index (χ1v) is 13.0. The number of nitrogens with two attached hydrogens (primary N) is 1. The van der Waals surface area contributed by atoms with Gasteiger partial charge in [-0.2, -0.15) is 5.26 Å². The van der Waals surface area contributed by atoms with Gasteiger partial charge in [-0.25, -0.2) is 4.79 Å². The second kappa shape index (κ2) is 14.3. The molecule has 1 saturated heterocycles. The third kappa shape index (κ3) is 7.97. The molecule has 0 radical (unpaired) electrons. The van der Waals surface area contributed by atoms with Crippen molar-refractivity contribution in [2.24, 2.45) is 17.6 Å². The first kappa shape index (κ1) is 26.5. The lowest BCUT2D eigenvalue weighted by molar-refractivity contribution is -0.0168. The smallest absolute Gasteiger partial charge is 0.317 e. The molecule has 2 aliphatic rings. The Hall–Kier alpha value is -2.14. The van der Waals surface area contributed by atoms with Crippen LogP contribution in [0.4, 0.5) is 4.79 Å². The van der Waals surface area contributed by atoms with Crippen LogP contribution >= 0.6 is 0 Å². The lowest BCUT2D eigenvalue weighted by Crippen LogP contribution is -2.51. The largest absolute Gasteiger partial charge is 0.385 e. The van der Waals surface area contributed by atoms with Gasteiger partial charge in [0, 0.05) is 51.9 Å². The van der Waals surface area contributed by atoms with E-state index in [0.29, 0.717) is 37.8 Å². The third-order valence-electron chi connectivity index (χ3n) is 7.26. The predicted octanol–water partition coefficient (Wildman–Crippen LogP) is 4.37. The second-order valence-corrected chi connectivity index (χ2v) is 9.85. The van der Waals surface area contributed by atoms with Crippen LogP contribution in [0.15, 0.2) is 24.3 Å². The number of amides is 2. The topological polar surface area (TPSA) is 101 Å². The van der Waals surface area contributed by atoms with Gasteiger partial charge in [-0.1, -0.05) is 44.2 Å². The molecule has 3 rings (SSSR count). The molecular weight excluding hydrogens is 428 g/mol. The van der Waals surface area contributed by atoms with E-state index < -0.39 is 0 Å². The number of nitriles is 1. The van der Waals surface area contributed by atoms with Crippen molar-refractivity contribution in [2.45, 2.75) is 69.9 Å². The summed E-state index contributed by atoms with van der Waals surface area (Å²) in [6.45, 7) is 3.09. The monoisotopic (exact) mass is 470 g/mol. The molecule has 1 saturated carbocycles. The summed E-state index contributed by atoms with van der Waals surface area (Å²) < 4.78 is 11.5. The summed E-state index contributed by atoms with van der Waals surface area (Å²) in [4.78, 5) is 15.1. The third-order valence-corrected chi connectivity index (χ3v) is 7.26. The molecule has 1 unspecified atom stereocenters. The van der Waals surface area contributed by atoms with E-state index in [0.717, 1.165) is 37.8 Å². The number of likely N-dealkylation sites (tertiary alicyclic amines) is 1. The van der Waals surface area contributed by atoms with Gasteiger partial charge in [0.15, 0.2) is 0 Å². The molecule has 1 aliphatic heterocycles. The van der Waals surface area contributed by atoms with Crippen molar-refractivity contribution < 1.29 is 14.3 Å². The van der Waals surface area contributed by atoms with Gasteiger partial charge in [0.25, 0.3) is 0 Å². The van der Waals surface area contributed by atoms with E-state index in [4.69, 9.17) is 15.2 Å². The Morgan fingerprint density at radius 1 is 1.24 bits per heavy atom. The fourth-order valence-corrected chi connectivity index (χ4v) is 5.45. The van der Waals surface area contributed by atoms with Crippen LogP contribution in [0, 0.1) is 23.2 Å². The predicted molar refractivity (Wildman–Crippen MR) is 133 cm³/mol. The van der Waals surface area contributed by atoms with Gasteiger partial charge in [-0.05, 0) is 49.3 Å². The highest BCUT2D eigenvalue weighted by atomic mass is 16.5. The summed E-state index contributed by atoms with van der Waals surface area (Å²) >= 11 is 0. The van der Waals surface area contributed by atoms with Crippen molar-refractivity contribution in [2.75, 3.05) is 40.0 Å². The molecule has 1 heterocycles. The van der Waals surface area contributed by atoms with Gasteiger partial charge >= 0.3 is 6.03 Å². The molecule has 0 aromatic heterocycles. The average Bonchev–Trinajstić information content (AvgIpc) is 2.89. The Balaban J connectivity index is 1.63. The number of carbonyl (C=O) groups is 1. The maximum Gasteiger partial charge on any atom is 0.317 e. The van der Waals surface area contributed by atoms with Gasteiger partial charge in [0.1, 0.15) is 0 Å². The van der Waals surface area contributed by atoms with E-state index in [1.54, 1.807) is 7.11 Å². The Bertz CT molecular complexity index is 790. The number of hydrogen-bond donors (Lipinski definition) is 2. The van der Waals surface area contributed by atoms with Crippen molar-refractivity contribution in [1.82, 2.24) is 10.2 Å². The summed E-state index contributed by atoms with van der Waals surface area (Å²) in [5.74, 6) is 0.847. The SMILES string of the molecule is COCCCO[C@@H](c1cccc(C#N)c1)[C@@H]1CCCN(C(=O)NC(CN)CC2CCCCC2)C1. The number of urea groups is 1. The normalized spacial score (nSPS) is 21.0. The highest BCUT2D eigenvalue weighted by molar-refractivity contribution is 5.74. The number of hydrogen-bond acceptors (Lipinski definition) is 5. The van der Waals surface area contributed by atoms with Crippen LogP contribution in [0.1, 0.15) is 75.0 Å². The number of nitrogens with zero attached hydrogens (tertiary/aromatic N) is 2. The standard InChI is InChI=1S/C27H42N4O3/c1-33-14-7-15-34-26(23-11-5-10-22(16-23)18-28)24-12-6-13-31(20-24)27(32)30-25(19-29)17-21-8-3-2-4-9-21/h5,10-11,16,21,24-26H,2-4,6-9,12-15,17,19-20,29H2,1H3,(H,30,32)/t24-,25?,26+/m1/s1. The molecule has 0 spiro atoms. The van der Waals surface area contributed by atoms with Crippen LogP contribution in [-0.4, -0.2) is 56.9 Å². The number of rotatable bonds is 11. The number of benzene rings is 1. The Labute approximate surface area is 205 Å². The van der Waals surface area contributed by atoms with Gasteiger partial charge in [0.05, 0.1) is 17.7 Å². The number of methoxy groups -OCH3 is 1. The highest BCUT2D eigenvalue weighted by Crippen LogP contribution is 2.34.